The lowest BCUT2D eigenvalue weighted by atomic mass is 9.82. The minimum absolute atomic E-state index is 0.0420. The van der Waals surface area contributed by atoms with Crippen molar-refractivity contribution in [2.24, 2.45) is 5.92 Å². The zero-order valence-electron chi connectivity index (χ0n) is 14.5. The third-order valence-corrected chi connectivity index (χ3v) is 5.64. The molecule has 5 rings (SSSR count). The summed E-state index contributed by atoms with van der Waals surface area (Å²) in [6, 6.07) is 10.3. The topological polar surface area (TPSA) is 53.7 Å². The summed E-state index contributed by atoms with van der Waals surface area (Å²) in [5.74, 6) is 0.747. The van der Waals surface area contributed by atoms with Crippen molar-refractivity contribution >= 4 is 11.6 Å². The van der Waals surface area contributed by atoms with Crippen molar-refractivity contribution in [3.8, 4) is 0 Å². The van der Waals surface area contributed by atoms with Crippen molar-refractivity contribution in [1.82, 2.24) is 24.2 Å². The number of carbonyl (C=O) groups excluding carboxylic acids is 1. The number of imidazole rings is 1. The molecule has 2 atom stereocenters. The lowest BCUT2D eigenvalue weighted by Crippen LogP contribution is -2.64. The molecule has 6 heteroatoms. The van der Waals surface area contributed by atoms with E-state index in [1.54, 1.807) is 6.20 Å². The van der Waals surface area contributed by atoms with Crippen LogP contribution in [0.4, 0.5) is 0 Å². The van der Waals surface area contributed by atoms with Crippen LogP contribution in [0.1, 0.15) is 22.5 Å². The van der Waals surface area contributed by atoms with Gasteiger partial charge in [0.15, 0.2) is 0 Å². The second-order valence-electron chi connectivity index (χ2n) is 7.25. The molecule has 0 unspecified atom stereocenters. The van der Waals surface area contributed by atoms with E-state index in [1.807, 2.05) is 52.2 Å². The molecular formula is C20H21N5O. The molecule has 2 aliphatic heterocycles. The van der Waals surface area contributed by atoms with E-state index in [0.29, 0.717) is 17.7 Å². The van der Waals surface area contributed by atoms with Crippen molar-refractivity contribution in [3.63, 3.8) is 0 Å². The highest BCUT2D eigenvalue weighted by molar-refractivity contribution is 5.93. The van der Waals surface area contributed by atoms with Gasteiger partial charge >= 0.3 is 0 Å². The van der Waals surface area contributed by atoms with E-state index in [4.69, 9.17) is 0 Å². The summed E-state index contributed by atoms with van der Waals surface area (Å²) in [5.41, 5.74) is 2.58. The maximum Gasteiger partial charge on any atom is 0.274 e. The van der Waals surface area contributed by atoms with Gasteiger partial charge < -0.3 is 9.30 Å². The quantitative estimate of drug-likeness (QED) is 0.728. The van der Waals surface area contributed by atoms with Crippen molar-refractivity contribution in [3.05, 3.63) is 66.4 Å². The molecule has 0 saturated carbocycles. The summed E-state index contributed by atoms with van der Waals surface area (Å²) in [5, 5.41) is 0. The number of hydrogen-bond donors (Lipinski definition) is 0. The second kappa shape index (κ2) is 6.21. The maximum atomic E-state index is 12.9. The molecule has 3 aromatic heterocycles. The number of hydrogen-bond acceptors (Lipinski definition) is 4. The van der Waals surface area contributed by atoms with Gasteiger partial charge in [-0.15, -0.1) is 0 Å². The van der Waals surface area contributed by atoms with Gasteiger partial charge in [0.25, 0.3) is 5.91 Å². The zero-order chi connectivity index (χ0) is 17.5. The molecule has 0 N–H and O–H groups in total. The Balaban J connectivity index is 1.29. The number of rotatable bonds is 3. The van der Waals surface area contributed by atoms with Crippen LogP contribution in [-0.4, -0.2) is 55.8 Å². The Labute approximate surface area is 152 Å². The second-order valence-corrected chi connectivity index (χ2v) is 7.25. The van der Waals surface area contributed by atoms with Crippen LogP contribution in [0.15, 0.2) is 55.1 Å². The number of likely N-dealkylation sites (tertiary alicyclic amines) is 2. The number of pyridine rings is 2. The number of fused-ring (bicyclic) bond motifs is 2. The maximum absolute atomic E-state index is 12.9. The molecule has 1 amide bonds. The summed E-state index contributed by atoms with van der Waals surface area (Å²) < 4.78 is 1.90. The number of aromatic nitrogens is 3. The number of piperidine rings is 1. The molecule has 0 spiro atoms. The molecule has 2 saturated heterocycles. The van der Waals surface area contributed by atoms with Crippen LogP contribution in [-0.2, 0) is 6.54 Å². The number of amides is 1. The average Bonchev–Trinajstić information content (AvgIpc) is 3.11. The predicted octanol–water partition coefficient (Wildman–Crippen LogP) is 2.08. The van der Waals surface area contributed by atoms with Crippen molar-refractivity contribution in [1.29, 1.82) is 0 Å². The highest BCUT2D eigenvalue weighted by atomic mass is 16.2. The van der Waals surface area contributed by atoms with Crippen LogP contribution in [0.2, 0.25) is 0 Å². The van der Waals surface area contributed by atoms with E-state index >= 15 is 0 Å². The number of carbonyl (C=O) groups is 1. The van der Waals surface area contributed by atoms with Gasteiger partial charge in [-0.3, -0.25) is 14.7 Å². The van der Waals surface area contributed by atoms with Crippen LogP contribution in [0, 0.1) is 5.92 Å². The van der Waals surface area contributed by atoms with Crippen LogP contribution < -0.4 is 0 Å². The van der Waals surface area contributed by atoms with E-state index < -0.39 is 0 Å². The Hall–Kier alpha value is -2.73. The smallest absolute Gasteiger partial charge is 0.274 e. The molecule has 2 fully saturated rings. The fourth-order valence-electron chi connectivity index (χ4n) is 4.20. The van der Waals surface area contributed by atoms with Crippen LogP contribution >= 0.6 is 0 Å². The van der Waals surface area contributed by atoms with E-state index in [2.05, 4.69) is 20.9 Å². The van der Waals surface area contributed by atoms with Crippen molar-refractivity contribution in [2.45, 2.75) is 19.0 Å². The van der Waals surface area contributed by atoms with Gasteiger partial charge in [0.2, 0.25) is 0 Å². The minimum Gasteiger partial charge on any atom is -0.336 e. The molecule has 26 heavy (non-hydrogen) atoms. The summed E-state index contributed by atoms with van der Waals surface area (Å²) in [4.78, 5) is 26.1. The molecule has 3 aromatic rings. The van der Waals surface area contributed by atoms with Gasteiger partial charge in [-0.05, 0) is 36.1 Å². The lowest BCUT2D eigenvalue weighted by molar-refractivity contribution is -0.0429. The van der Waals surface area contributed by atoms with E-state index in [1.165, 1.54) is 5.56 Å². The first kappa shape index (κ1) is 15.5. The SMILES string of the molecule is O=C(c1cn2ccccc2n1)N1CC[C@@H]2CN(Cc3cccnc3)[C@@H]2C1. The van der Waals surface area contributed by atoms with Gasteiger partial charge in [0, 0.05) is 57.0 Å². The summed E-state index contributed by atoms with van der Waals surface area (Å²) >= 11 is 0. The Morgan fingerprint density at radius 1 is 1.19 bits per heavy atom. The summed E-state index contributed by atoms with van der Waals surface area (Å²) in [6.45, 7) is 3.65. The van der Waals surface area contributed by atoms with Crippen LogP contribution in [0.25, 0.3) is 5.65 Å². The van der Waals surface area contributed by atoms with Gasteiger partial charge in [-0.2, -0.15) is 0 Å². The standard InChI is InChI=1S/C20H21N5O/c26-20(17-13-23-8-2-1-5-19(23)22-17)24-9-6-16-12-25(18(16)14-24)11-15-4-3-7-21-10-15/h1-5,7-8,10,13,16,18H,6,9,11-12,14H2/t16-,18-/m1/s1. The Kier molecular flexibility index (Phi) is 3.71. The van der Waals surface area contributed by atoms with E-state index in [-0.39, 0.29) is 5.91 Å². The fourth-order valence-corrected chi connectivity index (χ4v) is 4.20. The van der Waals surface area contributed by atoms with E-state index in [0.717, 1.165) is 38.2 Å². The first-order valence-electron chi connectivity index (χ1n) is 9.14. The van der Waals surface area contributed by atoms with Crippen LogP contribution in [0.3, 0.4) is 0 Å². The predicted molar refractivity (Wildman–Crippen MR) is 97.6 cm³/mol. The molecule has 0 aliphatic carbocycles. The molecule has 5 heterocycles. The van der Waals surface area contributed by atoms with Crippen molar-refractivity contribution < 1.29 is 4.79 Å². The fraction of sp³-hybridized carbons (Fsp3) is 0.350. The summed E-state index contributed by atoms with van der Waals surface area (Å²) in [7, 11) is 0. The monoisotopic (exact) mass is 347 g/mol. The minimum atomic E-state index is 0.0420. The zero-order valence-corrected chi connectivity index (χ0v) is 14.5. The Morgan fingerprint density at radius 2 is 2.15 bits per heavy atom. The first-order valence-corrected chi connectivity index (χ1v) is 9.14. The third-order valence-electron chi connectivity index (χ3n) is 5.64. The third kappa shape index (κ3) is 2.66. The lowest BCUT2D eigenvalue weighted by Gasteiger charge is -2.53. The van der Waals surface area contributed by atoms with Crippen LogP contribution in [0.5, 0.6) is 0 Å². The van der Waals surface area contributed by atoms with Crippen molar-refractivity contribution in [2.75, 3.05) is 19.6 Å². The molecule has 0 radical (unpaired) electrons. The van der Waals surface area contributed by atoms with E-state index in [9.17, 15) is 4.79 Å². The molecule has 132 valence electrons. The van der Waals surface area contributed by atoms with Gasteiger partial charge in [0.05, 0.1) is 0 Å². The molecule has 6 nitrogen and oxygen atoms in total. The first-order chi connectivity index (χ1) is 12.8. The molecule has 0 aromatic carbocycles. The molecule has 0 bridgehead atoms. The molecular weight excluding hydrogens is 326 g/mol. The highest BCUT2D eigenvalue weighted by Crippen LogP contribution is 2.34. The Morgan fingerprint density at radius 3 is 3.00 bits per heavy atom. The highest BCUT2D eigenvalue weighted by Gasteiger charge is 2.43. The van der Waals surface area contributed by atoms with Gasteiger partial charge in [-0.25, -0.2) is 4.98 Å². The Bertz CT molecular complexity index is 905. The molecule has 2 aliphatic rings. The van der Waals surface area contributed by atoms with Gasteiger partial charge in [-0.1, -0.05) is 12.1 Å². The summed E-state index contributed by atoms with van der Waals surface area (Å²) in [6.07, 6.45) is 8.56. The normalized spacial score (nSPS) is 22.8. The van der Waals surface area contributed by atoms with Gasteiger partial charge in [0.1, 0.15) is 11.3 Å². The number of nitrogens with zero attached hydrogens (tertiary/aromatic N) is 5. The average molecular weight is 347 g/mol. The largest absolute Gasteiger partial charge is 0.336 e.